The maximum atomic E-state index is 11.9. The molecule has 0 aliphatic carbocycles. The highest BCUT2D eigenvalue weighted by molar-refractivity contribution is 5.81. The molecule has 1 atom stereocenters. The third-order valence-corrected chi connectivity index (χ3v) is 3.30. The predicted octanol–water partition coefficient (Wildman–Crippen LogP) is 2.17. The summed E-state index contributed by atoms with van der Waals surface area (Å²) in [7, 11) is 3.34. The molecule has 0 aromatic heterocycles. The number of nitrogens with one attached hydrogen (secondary N) is 1. The van der Waals surface area contributed by atoms with E-state index in [4.69, 9.17) is 4.84 Å². The van der Waals surface area contributed by atoms with Crippen molar-refractivity contribution in [2.24, 2.45) is 5.92 Å². The van der Waals surface area contributed by atoms with Crippen molar-refractivity contribution in [2.45, 2.75) is 39.2 Å². The number of benzene rings is 1. The molecular weight excluding hydrogens is 280 g/mol. The van der Waals surface area contributed by atoms with E-state index >= 15 is 0 Å². The number of nitrogens with zero attached hydrogens (tertiary/aromatic N) is 1. The Morgan fingerprint density at radius 3 is 2.36 bits per heavy atom. The Morgan fingerprint density at radius 2 is 1.82 bits per heavy atom. The Balaban J connectivity index is 2.33. The van der Waals surface area contributed by atoms with Crippen molar-refractivity contribution < 1.29 is 14.4 Å². The van der Waals surface area contributed by atoms with E-state index in [2.05, 4.69) is 5.48 Å². The lowest BCUT2D eigenvalue weighted by atomic mass is 10.1. The molecule has 1 N–H and O–H groups in total. The zero-order valence-electron chi connectivity index (χ0n) is 13.8. The molecule has 0 spiro atoms. The van der Waals surface area contributed by atoms with Crippen LogP contribution in [0.1, 0.15) is 32.3 Å². The van der Waals surface area contributed by atoms with E-state index < -0.39 is 6.10 Å². The van der Waals surface area contributed by atoms with Crippen LogP contribution in [0.15, 0.2) is 30.3 Å². The van der Waals surface area contributed by atoms with Gasteiger partial charge in [0.05, 0.1) is 0 Å². The maximum absolute atomic E-state index is 11.9. The number of hydrogen-bond donors (Lipinski definition) is 1. The standard InChI is InChI=1S/C17H26N2O3/c1-13(2)16(17(21)19(3)4)22-18-15(20)12-8-11-14-9-6-5-7-10-14/h5-7,9-10,13,16H,8,11-12H2,1-4H3,(H,18,20). The van der Waals surface area contributed by atoms with E-state index in [9.17, 15) is 9.59 Å². The summed E-state index contributed by atoms with van der Waals surface area (Å²) in [5.41, 5.74) is 3.61. The molecule has 0 saturated carbocycles. The molecule has 0 fully saturated rings. The van der Waals surface area contributed by atoms with Crippen molar-refractivity contribution in [2.75, 3.05) is 14.1 Å². The number of carbonyl (C=O) groups excluding carboxylic acids is 2. The van der Waals surface area contributed by atoms with Gasteiger partial charge < -0.3 is 4.90 Å². The summed E-state index contributed by atoms with van der Waals surface area (Å²) in [6.45, 7) is 3.77. The van der Waals surface area contributed by atoms with E-state index in [1.165, 1.54) is 10.5 Å². The van der Waals surface area contributed by atoms with E-state index in [0.717, 1.165) is 12.8 Å². The van der Waals surface area contributed by atoms with E-state index in [0.29, 0.717) is 6.42 Å². The molecule has 0 radical (unpaired) electrons. The lowest BCUT2D eigenvalue weighted by Crippen LogP contribution is -2.43. The molecule has 1 unspecified atom stereocenters. The third-order valence-electron chi connectivity index (χ3n) is 3.30. The summed E-state index contributed by atoms with van der Waals surface area (Å²) in [4.78, 5) is 30.5. The average Bonchev–Trinajstić information content (AvgIpc) is 2.47. The summed E-state index contributed by atoms with van der Waals surface area (Å²) in [5.74, 6) is -0.368. The van der Waals surface area contributed by atoms with Crippen LogP contribution >= 0.6 is 0 Å². The normalized spacial score (nSPS) is 12.0. The zero-order valence-corrected chi connectivity index (χ0v) is 13.8. The first-order chi connectivity index (χ1) is 10.4. The Labute approximate surface area is 132 Å². The minimum Gasteiger partial charge on any atom is -0.346 e. The van der Waals surface area contributed by atoms with Gasteiger partial charge in [-0.05, 0) is 24.3 Å². The van der Waals surface area contributed by atoms with Gasteiger partial charge in [0.25, 0.3) is 5.91 Å². The van der Waals surface area contributed by atoms with Crippen LogP contribution in [-0.4, -0.2) is 36.9 Å². The lowest BCUT2D eigenvalue weighted by molar-refractivity contribution is -0.157. The van der Waals surface area contributed by atoms with Gasteiger partial charge in [-0.3, -0.25) is 14.4 Å². The Bertz CT molecular complexity index is 472. The van der Waals surface area contributed by atoms with Crippen LogP contribution in [0.2, 0.25) is 0 Å². The Hall–Kier alpha value is -1.88. The van der Waals surface area contributed by atoms with Crippen molar-refractivity contribution in [3.8, 4) is 0 Å². The Morgan fingerprint density at radius 1 is 1.18 bits per heavy atom. The molecule has 2 amide bonds. The molecule has 1 aromatic rings. The van der Waals surface area contributed by atoms with E-state index in [1.54, 1.807) is 14.1 Å². The van der Waals surface area contributed by atoms with Gasteiger partial charge >= 0.3 is 0 Å². The fraction of sp³-hybridized carbons (Fsp3) is 0.529. The van der Waals surface area contributed by atoms with Gasteiger partial charge in [-0.1, -0.05) is 44.2 Å². The van der Waals surface area contributed by atoms with E-state index in [1.807, 2.05) is 44.2 Å². The molecule has 5 nitrogen and oxygen atoms in total. The third kappa shape index (κ3) is 6.26. The van der Waals surface area contributed by atoms with Crippen LogP contribution in [0.25, 0.3) is 0 Å². The first-order valence-corrected chi connectivity index (χ1v) is 7.61. The molecule has 122 valence electrons. The SMILES string of the molecule is CC(C)C(ONC(=O)CCCc1ccccc1)C(=O)N(C)C. The molecule has 22 heavy (non-hydrogen) atoms. The van der Waals surface area contributed by atoms with Crippen LogP contribution in [0.4, 0.5) is 0 Å². The summed E-state index contributed by atoms with van der Waals surface area (Å²) in [5, 5.41) is 0. The Kier molecular flexibility index (Phi) is 7.60. The summed E-state index contributed by atoms with van der Waals surface area (Å²) >= 11 is 0. The van der Waals surface area contributed by atoms with Gasteiger partial charge in [0.15, 0.2) is 6.10 Å². The van der Waals surface area contributed by atoms with Crippen molar-refractivity contribution in [1.29, 1.82) is 0 Å². The van der Waals surface area contributed by atoms with Gasteiger partial charge in [-0.25, -0.2) is 5.48 Å². The van der Waals surface area contributed by atoms with Crippen LogP contribution in [0.5, 0.6) is 0 Å². The molecule has 0 saturated heterocycles. The first-order valence-electron chi connectivity index (χ1n) is 7.61. The molecule has 1 aromatic carbocycles. The predicted molar refractivity (Wildman–Crippen MR) is 85.9 cm³/mol. The molecule has 0 heterocycles. The highest BCUT2D eigenvalue weighted by Gasteiger charge is 2.25. The fourth-order valence-electron chi connectivity index (χ4n) is 2.00. The zero-order chi connectivity index (χ0) is 16.5. The second-order valence-corrected chi connectivity index (χ2v) is 5.88. The van der Waals surface area contributed by atoms with Crippen LogP contribution in [0.3, 0.4) is 0 Å². The molecule has 5 heteroatoms. The molecular formula is C17H26N2O3. The lowest BCUT2D eigenvalue weighted by Gasteiger charge is -2.23. The minimum atomic E-state index is -0.659. The summed E-state index contributed by atoms with van der Waals surface area (Å²) in [6.07, 6.45) is 1.30. The molecule has 0 aliphatic rings. The van der Waals surface area contributed by atoms with Gasteiger partial charge in [0.2, 0.25) is 5.91 Å². The van der Waals surface area contributed by atoms with Crippen molar-refractivity contribution in [3.05, 3.63) is 35.9 Å². The number of carbonyl (C=O) groups is 2. The quantitative estimate of drug-likeness (QED) is 0.749. The van der Waals surface area contributed by atoms with Crippen LogP contribution < -0.4 is 5.48 Å². The highest BCUT2D eigenvalue weighted by atomic mass is 16.7. The number of likely N-dealkylation sites (N-methyl/N-ethyl adjacent to an activating group) is 1. The number of amides is 2. The second-order valence-electron chi connectivity index (χ2n) is 5.88. The summed E-state index contributed by atoms with van der Waals surface area (Å²) in [6, 6.07) is 10.0. The van der Waals surface area contributed by atoms with Crippen molar-refractivity contribution >= 4 is 11.8 Å². The molecule has 1 rings (SSSR count). The maximum Gasteiger partial charge on any atom is 0.254 e. The minimum absolute atomic E-state index is 0.0143. The largest absolute Gasteiger partial charge is 0.346 e. The number of hydrogen-bond acceptors (Lipinski definition) is 3. The topological polar surface area (TPSA) is 58.6 Å². The molecule has 0 aliphatic heterocycles. The molecule has 0 bridgehead atoms. The van der Waals surface area contributed by atoms with Crippen molar-refractivity contribution in [3.63, 3.8) is 0 Å². The second kappa shape index (κ2) is 9.20. The average molecular weight is 306 g/mol. The monoisotopic (exact) mass is 306 g/mol. The van der Waals surface area contributed by atoms with Gasteiger partial charge in [-0.15, -0.1) is 0 Å². The van der Waals surface area contributed by atoms with Crippen LogP contribution in [-0.2, 0) is 20.8 Å². The van der Waals surface area contributed by atoms with Gasteiger partial charge in [0, 0.05) is 20.5 Å². The van der Waals surface area contributed by atoms with Crippen molar-refractivity contribution in [1.82, 2.24) is 10.4 Å². The number of rotatable bonds is 8. The number of aryl methyl sites for hydroxylation is 1. The summed E-state index contributed by atoms with van der Waals surface area (Å²) < 4.78 is 0. The van der Waals surface area contributed by atoms with Gasteiger partial charge in [-0.2, -0.15) is 0 Å². The van der Waals surface area contributed by atoms with Gasteiger partial charge in [0.1, 0.15) is 0 Å². The smallest absolute Gasteiger partial charge is 0.254 e. The first kappa shape index (κ1) is 18.2. The van der Waals surface area contributed by atoms with E-state index in [-0.39, 0.29) is 17.7 Å². The van der Waals surface area contributed by atoms with Crippen LogP contribution in [0, 0.1) is 5.92 Å². The highest BCUT2D eigenvalue weighted by Crippen LogP contribution is 2.08. The fourth-order valence-corrected chi connectivity index (χ4v) is 2.00. The number of hydroxylamine groups is 1.